The molecule has 2 rings (SSSR count). The molecule has 7 N–H and O–H groups in total. The molecule has 11 unspecified atom stereocenters. The number of hydrogen-bond donors (Lipinski definition) is 7. The second-order valence-electron chi connectivity index (χ2n) is 21.2. The van der Waals surface area contributed by atoms with Crippen molar-refractivity contribution in [2.24, 2.45) is 0 Å². The summed E-state index contributed by atoms with van der Waals surface area (Å²) >= 11 is 0. The van der Waals surface area contributed by atoms with Crippen molar-refractivity contribution in [2.75, 3.05) is 33.0 Å². The topological polar surface area (TPSA) is 214 Å². The van der Waals surface area contributed by atoms with Crippen molar-refractivity contribution in [2.45, 2.75) is 287 Å². The van der Waals surface area contributed by atoms with Crippen LogP contribution in [0.4, 0.5) is 0 Å². The summed E-state index contributed by atoms with van der Waals surface area (Å²) in [7, 11) is 0. The van der Waals surface area contributed by atoms with Crippen LogP contribution in [0.25, 0.3) is 0 Å². The van der Waals surface area contributed by atoms with Gasteiger partial charge in [-0.2, -0.15) is 0 Å². The molecule has 77 heavy (non-hydrogen) atoms. The van der Waals surface area contributed by atoms with Crippen molar-refractivity contribution in [3.63, 3.8) is 0 Å². The molecule has 0 aromatic carbocycles. The van der Waals surface area contributed by atoms with Gasteiger partial charge in [-0.05, 0) is 64.2 Å². The molecule has 0 aromatic heterocycles. The minimum Gasteiger partial charge on any atom is -0.457 e. The minimum absolute atomic E-state index is 0.0375. The van der Waals surface area contributed by atoms with Gasteiger partial charge in [-0.3, -0.25) is 4.79 Å². The first-order valence-electron chi connectivity index (χ1n) is 30.5. The van der Waals surface area contributed by atoms with Gasteiger partial charge in [-0.25, -0.2) is 0 Å². The van der Waals surface area contributed by atoms with Crippen molar-refractivity contribution in [1.29, 1.82) is 0 Å². The number of ether oxygens (including phenoxy) is 6. The number of allylic oxidation sites excluding steroid dienone is 12. The number of unbranched alkanes of at least 4 members (excludes halogenated alkanes) is 23. The van der Waals surface area contributed by atoms with Crippen LogP contribution in [0.2, 0.25) is 0 Å². The van der Waals surface area contributed by atoms with Crippen molar-refractivity contribution < 1.29 is 69.0 Å². The summed E-state index contributed by atoms with van der Waals surface area (Å²) in [5.74, 6) is -0.386. The van der Waals surface area contributed by atoms with Gasteiger partial charge >= 0.3 is 5.97 Å². The summed E-state index contributed by atoms with van der Waals surface area (Å²) in [4.78, 5) is 13.1. The maximum Gasteiger partial charge on any atom is 0.306 e. The van der Waals surface area contributed by atoms with Crippen molar-refractivity contribution in [1.82, 2.24) is 0 Å². The van der Waals surface area contributed by atoms with Crippen LogP contribution >= 0.6 is 0 Å². The normalized spacial score (nSPS) is 24.8. The lowest BCUT2D eigenvalue weighted by Gasteiger charge is -2.42. The van der Waals surface area contributed by atoms with Crippen LogP contribution in [0.3, 0.4) is 0 Å². The highest BCUT2D eigenvalue weighted by molar-refractivity contribution is 5.69. The first-order valence-corrected chi connectivity index (χ1v) is 30.5. The summed E-state index contributed by atoms with van der Waals surface area (Å²) in [6.45, 7) is 3.52. The van der Waals surface area contributed by atoms with Gasteiger partial charge in [0.1, 0.15) is 54.9 Å². The lowest BCUT2D eigenvalue weighted by Crippen LogP contribution is -2.61. The van der Waals surface area contributed by atoms with E-state index in [1.807, 2.05) is 0 Å². The molecule has 0 spiro atoms. The maximum absolute atomic E-state index is 13.1. The first kappa shape index (κ1) is 70.5. The van der Waals surface area contributed by atoms with Crippen molar-refractivity contribution in [3.8, 4) is 0 Å². The Morgan fingerprint density at radius 1 is 0.442 bits per heavy atom. The Kier molecular flexibility index (Phi) is 45.1. The number of carbonyl (C=O) groups excluding carboxylic acids is 1. The Morgan fingerprint density at radius 3 is 1.31 bits per heavy atom. The zero-order valence-corrected chi connectivity index (χ0v) is 47.9. The molecule has 0 aliphatic carbocycles. The van der Waals surface area contributed by atoms with E-state index in [1.54, 1.807) is 0 Å². The van der Waals surface area contributed by atoms with E-state index in [0.29, 0.717) is 13.0 Å². The quantitative estimate of drug-likeness (QED) is 0.0172. The molecule has 14 nitrogen and oxygen atoms in total. The summed E-state index contributed by atoms with van der Waals surface area (Å²) in [6.07, 6.45) is 46.8. The fourth-order valence-electron chi connectivity index (χ4n) is 9.35. The van der Waals surface area contributed by atoms with Gasteiger partial charge in [0.05, 0.1) is 26.4 Å². The molecule has 2 fully saturated rings. The number of rotatable bonds is 49. The van der Waals surface area contributed by atoms with Crippen molar-refractivity contribution in [3.05, 3.63) is 72.9 Å². The highest BCUT2D eigenvalue weighted by atomic mass is 16.7. The van der Waals surface area contributed by atoms with E-state index in [0.717, 1.165) is 83.5 Å². The van der Waals surface area contributed by atoms with Gasteiger partial charge in [0.15, 0.2) is 12.6 Å². The predicted molar refractivity (Wildman–Crippen MR) is 307 cm³/mol. The molecule has 0 aromatic rings. The van der Waals surface area contributed by atoms with Gasteiger partial charge in [-0.1, -0.05) is 222 Å². The Bertz CT molecular complexity index is 1550. The average molecular weight is 1090 g/mol. The standard InChI is InChI=1S/C63H110O14/c1-3-5-7-9-11-13-15-17-19-21-23-25-27-29-31-33-35-37-39-41-43-45-47-72-49-52(50-73-62-61(71)59(69)57(67)54(77-62)51-74-63-60(70)58(68)56(66)53(48-64)76-63)75-55(65)46-44-42-40-38-36-34-32-30-28-26-24-22-20-18-16-14-12-10-8-6-4-2/h5,7,11,13,17,19,23,25,29,31,35,37,52-54,56-64,66-71H,3-4,6,8-10,12,14-16,18,20-22,24,26-28,30,32-34,36,38-51H2,1-2H3/b7-5-,13-11-,19-17-,25-23-,31-29-,37-35-. The molecule has 11 atom stereocenters. The Hall–Kier alpha value is -2.57. The molecule has 2 aliphatic heterocycles. The highest BCUT2D eigenvalue weighted by Crippen LogP contribution is 2.27. The van der Waals surface area contributed by atoms with Gasteiger partial charge in [0.25, 0.3) is 0 Å². The SMILES string of the molecule is CC/C=C\C/C=C\C/C=C\C/C=C\C/C=C\C/C=C\CCCCCOCC(COC1OC(COC2OC(CO)C(O)C(O)C2O)C(O)C(O)C1O)OC(=O)CCCCCCCCCCCCCCCCCCCCCCC. The molecular weight excluding hydrogens is 981 g/mol. The van der Waals surface area contributed by atoms with E-state index in [2.05, 4.69) is 86.8 Å². The van der Waals surface area contributed by atoms with Crippen LogP contribution < -0.4 is 0 Å². The zero-order valence-electron chi connectivity index (χ0n) is 47.9. The molecule has 0 saturated carbocycles. The van der Waals surface area contributed by atoms with E-state index in [-0.39, 0.29) is 25.6 Å². The molecule has 446 valence electrons. The van der Waals surface area contributed by atoms with Crippen LogP contribution in [0.5, 0.6) is 0 Å². The molecule has 2 saturated heterocycles. The van der Waals surface area contributed by atoms with Gasteiger partial charge < -0.3 is 64.2 Å². The Labute approximate surface area is 466 Å². The van der Waals surface area contributed by atoms with Gasteiger partial charge in [-0.15, -0.1) is 0 Å². The van der Waals surface area contributed by atoms with E-state index >= 15 is 0 Å². The van der Waals surface area contributed by atoms with Crippen LogP contribution in [0.15, 0.2) is 72.9 Å². The average Bonchev–Trinajstić information content (AvgIpc) is 3.43. The summed E-state index contributed by atoms with van der Waals surface area (Å²) in [5, 5.41) is 72.4. The smallest absolute Gasteiger partial charge is 0.306 e. The van der Waals surface area contributed by atoms with E-state index < -0.39 is 80.7 Å². The monoisotopic (exact) mass is 1090 g/mol. The summed E-state index contributed by atoms with van der Waals surface area (Å²) in [5.41, 5.74) is 0. The third kappa shape index (κ3) is 35.7. The summed E-state index contributed by atoms with van der Waals surface area (Å²) < 4.78 is 34.4. The molecule has 0 amide bonds. The first-order chi connectivity index (χ1) is 37.6. The third-order valence-corrected chi connectivity index (χ3v) is 14.2. The van der Waals surface area contributed by atoms with Crippen LogP contribution in [0.1, 0.15) is 219 Å². The number of aliphatic hydroxyl groups excluding tert-OH is 7. The second kappa shape index (κ2) is 49.3. The fraction of sp³-hybridized carbons (Fsp3) is 0.794. The molecule has 0 radical (unpaired) electrons. The zero-order chi connectivity index (χ0) is 55.8. The van der Waals surface area contributed by atoms with Crippen LogP contribution in [-0.2, 0) is 33.2 Å². The Balaban J connectivity index is 1.72. The van der Waals surface area contributed by atoms with Gasteiger partial charge in [0.2, 0.25) is 0 Å². The number of aliphatic hydroxyl groups is 7. The minimum atomic E-state index is -1.72. The number of esters is 1. The largest absolute Gasteiger partial charge is 0.457 e. The molecule has 14 heteroatoms. The number of hydrogen-bond acceptors (Lipinski definition) is 14. The summed E-state index contributed by atoms with van der Waals surface area (Å²) in [6, 6.07) is 0. The maximum atomic E-state index is 13.1. The number of carbonyl (C=O) groups is 1. The Morgan fingerprint density at radius 2 is 0.844 bits per heavy atom. The lowest BCUT2D eigenvalue weighted by atomic mass is 9.98. The van der Waals surface area contributed by atoms with E-state index in [4.69, 9.17) is 28.4 Å². The predicted octanol–water partition coefficient (Wildman–Crippen LogP) is 11.4. The molecule has 2 heterocycles. The van der Waals surface area contributed by atoms with E-state index in [1.165, 1.54) is 109 Å². The fourth-order valence-corrected chi connectivity index (χ4v) is 9.35. The van der Waals surface area contributed by atoms with Crippen molar-refractivity contribution >= 4 is 5.97 Å². The molecule has 2 aliphatic rings. The highest BCUT2D eigenvalue weighted by Gasteiger charge is 2.47. The molecular formula is C63H110O14. The van der Waals surface area contributed by atoms with Crippen LogP contribution in [0, 0.1) is 0 Å². The molecule has 0 bridgehead atoms. The van der Waals surface area contributed by atoms with Crippen LogP contribution in [-0.4, -0.2) is 142 Å². The second-order valence-corrected chi connectivity index (χ2v) is 21.2. The third-order valence-electron chi connectivity index (χ3n) is 14.2. The van der Waals surface area contributed by atoms with Gasteiger partial charge in [0, 0.05) is 13.0 Å². The van der Waals surface area contributed by atoms with E-state index in [9.17, 15) is 40.5 Å². The lowest BCUT2D eigenvalue weighted by molar-refractivity contribution is -0.332.